The van der Waals surface area contributed by atoms with Crippen LogP contribution in [0.25, 0.3) is 10.9 Å². The van der Waals surface area contributed by atoms with E-state index in [1.165, 1.54) is 12.1 Å². The van der Waals surface area contributed by atoms with Gasteiger partial charge >= 0.3 is 0 Å². The number of benzene rings is 1. The second-order valence-electron chi connectivity index (χ2n) is 3.04. The van der Waals surface area contributed by atoms with Gasteiger partial charge < -0.3 is 10.1 Å². The molecule has 0 saturated carbocycles. The second kappa shape index (κ2) is 3.40. The van der Waals surface area contributed by atoms with Gasteiger partial charge in [-0.2, -0.15) is 0 Å². The molecule has 0 atom stereocenters. The van der Waals surface area contributed by atoms with Crippen molar-refractivity contribution in [1.29, 1.82) is 0 Å². The lowest BCUT2D eigenvalue weighted by molar-refractivity contribution is 0.481. The number of rotatable bonds is 0. The fraction of sp³-hybridized carbons (Fsp3) is 0. The zero-order valence-electron chi connectivity index (χ0n) is 7.45. The molecule has 1 aromatic heterocycles. The van der Waals surface area contributed by atoms with Crippen LogP contribution in [0.1, 0.15) is 0 Å². The van der Waals surface area contributed by atoms with E-state index in [1.54, 1.807) is 6.07 Å². The maximum Gasteiger partial charge on any atom is 0.296 e. The van der Waals surface area contributed by atoms with Crippen LogP contribution in [0.4, 0.5) is 0 Å². The maximum atomic E-state index is 11.2. The molecule has 0 aliphatic heterocycles. The van der Waals surface area contributed by atoms with E-state index in [-0.39, 0.29) is 5.75 Å². The van der Waals surface area contributed by atoms with Gasteiger partial charge in [0.15, 0.2) is 0 Å². The van der Waals surface area contributed by atoms with Gasteiger partial charge in [0.1, 0.15) is 5.75 Å². The predicted molar refractivity (Wildman–Crippen MR) is 57.5 cm³/mol. The highest BCUT2D eigenvalue weighted by atomic mass is 35.5. The van der Waals surface area contributed by atoms with E-state index in [4.69, 9.17) is 11.6 Å². The van der Waals surface area contributed by atoms with Crippen LogP contribution < -0.4 is 11.0 Å². The molecule has 1 aromatic carbocycles. The summed E-state index contributed by atoms with van der Waals surface area (Å²) in [4.78, 5) is 24.6. The summed E-state index contributed by atoms with van der Waals surface area (Å²) in [6, 6.07) is 5.45. The second-order valence-corrected chi connectivity index (χ2v) is 3.47. The molecule has 0 fully saturated rings. The number of halogens is 1. The SMILES string of the molecule is O=c1cc(O)c2ccc(Cl)cc2[nH]c1=O. The van der Waals surface area contributed by atoms with Crippen LogP contribution in [0.2, 0.25) is 5.02 Å². The molecule has 76 valence electrons. The molecular weight excluding hydrogens is 218 g/mol. The highest BCUT2D eigenvalue weighted by molar-refractivity contribution is 6.31. The Morgan fingerprint density at radius 3 is 2.67 bits per heavy atom. The zero-order valence-corrected chi connectivity index (χ0v) is 8.21. The summed E-state index contributed by atoms with van der Waals surface area (Å²) in [5.74, 6) is -0.245. The number of hydrogen-bond acceptors (Lipinski definition) is 3. The lowest BCUT2D eigenvalue weighted by Gasteiger charge is -1.95. The van der Waals surface area contributed by atoms with Crippen LogP contribution in [-0.2, 0) is 0 Å². The molecule has 0 bridgehead atoms. The summed E-state index contributed by atoms with van der Waals surface area (Å²) < 4.78 is 0. The van der Waals surface area contributed by atoms with Gasteiger partial charge in [-0.15, -0.1) is 0 Å². The Morgan fingerprint density at radius 1 is 1.20 bits per heavy atom. The van der Waals surface area contributed by atoms with E-state index in [2.05, 4.69) is 4.98 Å². The van der Waals surface area contributed by atoms with Gasteiger partial charge in [0.25, 0.3) is 5.56 Å². The Labute approximate surface area is 88.8 Å². The predicted octanol–water partition coefficient (Wildman–Crippen LogP) is 1.25. The number of fused-ring (bicyclic) bond motifs is 1. The summed E-state index contributed by atoms with van der Waals surface area (Å²) in [5, 5.41) is 10.3. The van der Waals surface area contributed by atoms with Crippen molar-refractivity contribution in [1.82, 2.24) is 4.98 Å². The van der Waals surface area contributed by atoms with Crippen LogP contribution in [-0.4, -0.2) is 10.1 Å². The van der Waals surface area contributed by atoms with Gasteiger partial charge in [-0.1, -0.05) is 11.6 Å². The normalized spacial score (nSPS) is 10.5. The van der Waals surface area contributed by atoms with E-state index in [1.807, 2.05) is 0 Å². The van der Waals surface area contributed by atoms with Gasteiger partial charge in [-0.25, -0.2) is 0 Å². The first-order valence-corrected chi connectivity index (χ1v) is 4.51. The molecular formula is C10H6ClNO3. The standard InChI is InChI=1S/C10H6ClNO3/c11-5-1-2-6-7(3-5)12-10(15)9(14)4-8(6)13/h1-4,13H,(H,12,14,15). The van der Waals surface area contributed by atoms with Crippen molar-refractivity contribution in [3.63, 3.8) is 0 Å². The van der Waals surface area contributed by atoms with Crippen molar-refractivity contribution >= 4 is 22.5 Å². The topological polar surface area (TPSA) is 70.2 Å². The minimum absolute atomic E-state index is 0.245. The molecule has 2 rings (SSSR count). The van der Waals surface area contributed by atoms with Crippen molar-refractivity contribution in [2.75, 3.05) is 0 Å². The van der Waals surface area contributed by atoms with Gasteiger partial charge in [-0.05, 0) is 18.2 Å². The van der Waals surface area contributed by atoms with Crippen molar-refractivity contribution in [2.24, 2.45) is 0 Å². The molecule has 0 aliphatic carbocycles. The molecule has 0 saturated heterocycles. The Bertz CT molecular complexity index is 648. The summed E-state index contributed by atoms with van der Waals surface area (Å²) in [6.07, 6.45) is 0. The fourth-order valence-corrected chi connectivity index (χ4v) is 1.47. The molecule has 0 aliphatic rings. The number of nitrogens with one attached hydrogen (secondary N) is 1. The van der Waals surface area contributed by atoms with Crippen LogP contribution in [0.15, 0.2) is 33.9 Å². The minimum atomic E-state index is -0.792. The van der Waals surface area contributed by atoms with E-state index >= 15 is 0 Å². The highest BCUT2D eigenvalue weighted by Crippen LogP contribution is 2.22. The Hall–Kier alpha value is -1.81. The fourth-order valence-electron chi connectivity index (χ4n) is 1.29. The number of hydrogen-bond donors (Lipinski definition) is 2. The van der Waals surface area contributed by atoms with Crippen molar-refractivity contribution in [3.05, 3.63) is 49.9 Å². The molecule has 5 heteroatoms. The molecule has 0 spiro atoms. The third kappa shape index (κ3) is 1.71. The third-order valence-electron chi connectivity index (χ3n) is 2.00. The van der Waals surface area contributed by atoms with Gasteiger partial charge in [0.2, 0.25) is 5.43 Å². The monoisotopic (exact) mass is 223 g/mol. The first-order chi connectivity index (χ1) is 7.08. The third-order valence-corrected chi connectivity index (χ3v) is 2.23. The first-order valence-electron chi connectivity index (χ1n) is 4.14. The van der Waals surface area contributed by atoms with Gasteiger partial charge in [0, 0.05) is 16.5 Å². The largest absolute Gasteiger partial charge is 0.507 e. The van der Waals surface area contributed by atoms with E-state index in [9.17, 15) is 14.7 Å². The number of H-pyrrole nitrogens is 1. The molecule has 0 amide bonds. The van der Waals surface area contributed by atoms with Crippen molar-refractivity contribution < 1.29 is 5.11 Å². The van der Waals surface area contributed by atoms with Crippen LogP contribution in [0.3, 0.4) is 0 Å². The summed E-state index contributed by atoms with van der Waals surface area (Å²) in [7, 11) is 0. The molecule has 2 N–H and O–H groups in total. The van der Waals surface area contributed by atoms with E-state index in [0.29, 0.717) is 15.9 Å². The molecule has 1 heterocycles. The first kappa shape index (κ1) is 9.73. The van der Waals surface area contributed by atoms with E-state index in [0.717, 1.165) is 6.07 Å². The average Bonchev–Trinajstić information content (AvgIpc) is 2.25. The van der Waals surface area contributed by atoms with Gasteiger partial charge in [-0.3, -0.25) is 9.59 Å². The Balaban J connectivity index is 3.09. The minimum Gasteiger partial charge on any atom is -0.507 e. The van der Waals surface area contributed by atoms with Crippen molar-refractivity contribution in [3.8, 4) is 5.75 Å². The van der Waals surface area contributed by atoms with Gasteiger partial charge in [0.05, 0.1) is 5.52 Å². The van der Waals surface area contributed by atoms with E-state index < -0.39 is 11.0 Å². The highest BCUT2D eigenvalue weighted by Gasteiger charge is 2.02. The summed E-state index contributed by atoms with van der Waals surface area (Å²) in [6.45, 7) is 0. The average molecular weight is 224 g/mol. The Kier molecular flexibility index (Phi) is 2.21. The molecule has 2 aromatic rings. The lowest BCUT2D eigenvalue weighted by Crippen LogP contribution is -2.22. The summed E-state index contributed by atoms with van der Waals surface area (Å²) >= 11 is 5.72. The lowest BCUT2D eigenvalue weighted by atomic mass is 10.2. The van der Waals surface area contributed by atoms with Crippen LogP contribution in [0.5, 0.6) is 5.75 Å². The number of aromatic hydroxyl groups is 1. The molecule has 0 unspecified atom stereocenters. The zero-order chi connectivity index (χ0) is 11.0. The summed E-state index contributed by atoms with van der Waals surface area (Å²) in [5.41, 5.74) is -1.26. The molecule has 15 heavy (non-hydrogen) atoms. The smallest absolute Gasteiger partial charge is 0.296 e. The molecule has 0 radical (unpaired) electrons. The Morgan fingerprint density at radius 2 is 1.93 bits per heavy atom. The number of aromatic amines is 1. The van der Waals surface area contributed by atoms with Crippen LogP contribution >= 0.6 is 11.6 Å². The maximum absolute atomic E-state index is 11.2. The van der Waals surface area contributed by atoms with Crippen LogP contribution in [0, 0.1) is 0 Å². The number of aromatic nitrogens is 1. The van der Waals surface area contributed by atoms with Crippen molar-refractivity contribution in [2.45, 2.75) is 0 Å². The molecule has 4 nitrogen and oxygen atoms in total. The quantitative estimate of drug-likeness (QED) is 0.661.